The molecule has 1 heterocycles. The van der Waals surface area contributed by atoms with Gasteiger partial charge in [0.25, 0.3) is 5.91 Å². The molecule has 0 bridgehead atoms. The minimum atomic E-state index is -1.30. The summed E-state index contributed by atoms with van der Waals surface area (Å²) in [5.41, 5.74) is 1.35. The third-order valence-corrected chi connectivity index (χ3v) is 4.66. The SMILES string of the molecule is CC(CCCc1ccc[nH]1)(NC(=O)c1ccc(C(C)(C)C)cc1)C(=O)O. The van der Waals surface area contributed by atoms with E-state index in [1.165, 1.54) is 0 Å². The number of carboxylic acid groups (broad SMARTS) is 1. The summed E-state index contributed by atoms with van der Waals surface area (Å²) >= 11 is 0. The Kier molecular flexibility index (Phi) is 5.90. The van der Waals surface area contributed by atoms with Crippen molar-refractivity contribution in [2.24, 2.45) is 0 Å². The first-order valence-corrected chi connectivity index (χ1v) is 8.90. The molecule has 0 fully saturated rings. The molecule has 0 aliphatic rings. The zero-order chi connectivity index (χ0) is 19.4. The second-order valence-electron chi connectivity index (χ2n) is 7.97. The zero-order valence-electron chi connectivity index (χ0n) is 15.9. The largest absolute Gasteiger partial charge is 0.480 e. The lowest BCUT2D eigenvalue weighted by molar-refractivity contribution is -0.144. The summed E-state index contributed by atoms with van der Waals surface area (Å²) in [4.78, 5) is 27.4. The molecule has 2 aromatic rings. The molecule has 5 heteroatoms. The van der Waals surface area contributed by atoms with Crippen LogP contribution < -0.4 is 5.32 Å². The number of rotatable bonds is 7. The van der Waals surface area contributed by atoms with Crippen molar-refractivity contribution in [1.82, 2.24) is 10.3 Å². The van der Waals surface area contributed by atoms with Crippen LogP contribution in [-0.4, -0.2) is 27.5 Å². The summed E-state index contributed by atoms with van der Waals surface area (Å²) in [7, 11) is 0. The molecular weight excluding hydrogens is 328 g/mol. The Balaban J connectivity index is 2.03. The number of nitrogens with one attached hydrogen (secondary N) is 2. The molecule has 1 unspecified atom stereocenters. The lowest BCUT2D eigenvalue weighted by Crippen LogP contribution is -2.52. The van der Waals surface area contributed by atoms with E-state index in [1.807, 2.05) is 30.5 Å². The normalized spacial score (nSPS) is 13.8. The number of H-pyrrole nitrogens is 1. The van der Waals surface area contributed by atoms with Crippen LogP contribution in [0.3, 0.4) is 0 Å². The number of amides is 1. The van der Waals surface area contributed by atoms with Gasteiger partial charge in [0.1, 0.15) is 5.54 Å². The molecule has 3 N–H and O–H groups in total. The van der Waals surface area contributed by atoms with Gasteiger partial charge in [-0.2, -0.15) is 0 Å². The number of carbonyl (C=O) groups is 2. The first kappa shape index (κ1) is 19.8. The fourth-order valence-corrected chi connectivity index (χ4v) is 2.82. The number of benzene rings is 1. The van der Waals surface area contributed by atoms with E-state index in [9.17, 15) is 14.7 Å². The zero-order valence-corrected chi connectivity index (χ0v) is 15.9. The van der Waals surface area contributed by atoms with E-state index < -0.39 is 11.5 Å². The molecule has 0 aliphatic carbocycles. The average Bonchev–Trinajstić information content (AvgIpc) is 3.07. The highest BCUT2D eigenvalue weighted by molar-refractivity contribution is 5.97. The van der Waals surface area contributed by atoms with Crippen LogP contribution >= 0.6 is 0 Å². The monoisotopic (exact) mass is 356 g/mol. The summed E-state index contributed by atoms with van der Waals surface area (Å²) in [5.74, 6) is -1.39. The molecule has 0 aliphatic heterocycles. The van der Waals surface area contributed by atoms with Crippen molar-refractivity contribution in [2.45, 2.75) is 57.9 Å². The van der Waals surface area contributed by atoms with E-state index in [0.717, 1.165) is 17.7 Å². The third kappa shape index (κ3) is 4.97. The van der Waals surface area contributed by atoms with Crippen molar-refractivity contribution in [3.05, 3.63) is 59.4 Å². The number of aromatic amines is 1. The fourth-order valence-electron chi connectivity index (χ4n) is 2.82. The van der Waals surface area contributed by atoms with E-state index in [0.29, 0.717) is 18.4 Å². The number of aliphatic carboxylic acids is 1. The summed E-state index contributed by atoms with van der Waals surface area (Å²) in [6, 6.07) is 11.2. The quantitative estimate of drug-likeness (QED) is 0.703. The predicted molar refractivity (Wildman–Crippen MR) is 102 cm³/mol. The second kappa shape index (κ2) is 7.77. The molecule has 2 rings (SSSR count). The molecular formula is C21H28N2O3. The maximum Gasteiger partial charge on any atom is 0.329 e. The number of carbonyl (C=O) groups excluding carboxylic acids is 1. The minimum Gasteiger partial charge on any atom is -0.480 e. The number of carboxylic acids is 1. The second-order valence-corrected chi connectivity index (χ2v) is 7.97. The van der Waals surface area contributed by atoms with Gasteiger partial charge in [0.05, 0.1) is 0 Å². The van der Waals surface area contributed by atoms with E-state index in [2.05, 4.69) is 31.1 Å². The van der Waals surface area contributed by atoms with Crippen molar-refractivity contribution >= 4 is 11.9 Å². The fraction of sp³-hybridized carbons (Fsp3) is 0.429. The van der Waals surface area contributed by atoms with Gasteiger partial charge in [0, 0.05) is 17.5 Å². The highest BCUT2D eigenvalue weighted by atomic mass is 16.4. The Hall–Kier alpha value is -2.56. The van der Waals surface area contributed by atoms with Gasteiger partial charge in [0.15, 0.2) is 0 Å². The van der Waals surface area contributed by atoms with Crippen LogP contribution in [0.15, 0.2) is 42.6 Å². The van der Waals surface area contributed by atoms with E-state index >= 15 is 0 Å². The lowest BCUT2D eigenvalue weighted by Gasteiger charge is -2.26. The molecule has 0 saturated carbocycles. The van der Waals surface area contributed by atoms with Gasteiger partial charge in [-0.1, -0.05) is 32.9 Å². The van der Waals surface area contributed by atoms with Crippen molar-refractivity contribution in [3.63, 3.8) is 0 Å². The molecule has 0 saturated heterocycles. The van der Waals surface area contributed by atoms with Crippen molar-refractivity contribution in [2.75, 3.05) is 0 Å². The molecule has 140 valence electrons. The number of aryl methyl sites for hydroxylation is 1. The highest BCUT2D eigenvalue weighted by Crippen LogP contribution is 2.22. The van der Waals surface area contributed by atoms with Gasteiger partial charge in [-0.3, -0.25) is 4.79 Å². The van der Waals surface area contributed by atoms with Gasteiger partial charge in [-0.15, -0.1) is 0 Å². The van der Waals surface area contributed by atoms with Crippen molar-refractivity contribution in [1.29, 1.82) is 0 Å². The van der Waals surface area contributed by atoms with Gasteiger partial charge in [-0.05, 0) is 61.4 Å². The Morgan fingerprint density at radius 2 is 1.73 bits per heavy atom. The molecule has 0 radical (unpaired) electrons. The number of hydrogen-bond acceptors (Lipinski definition) is 2. The molecule has 1 amide bonds. The standard InChI is InChI=1S/C21H28N2O3/c1-20(2,3)16-11-9-15(10-12-16)18(24)23-21(4,19(25)26)13-5-7-17-8-6-14-22-17/h6,8-12,14,22H,5,7,13H2,1-4H3,(H,23,24)(H,25,26). The van der Waals surface area contributed by atoms with Crippen molar-refractivity contribution < 1.29 is 14.7 Å². The first-order valence-electron chi connectivity index (χ1n) is 8.90. The van der Waals surface area contributed by atoms with Gasteiger partial charge < -0.3 is 15.4 Å². The maximum absolute atomic E-state index is 12.5. The lowest BCUT2D eigenvalue weighted by atomic mass is 9.86. The Morgan fingerprint density at radius 3 is 2.23 bits per heavy atom. The Morgan fingerprint density at radius 1 is 1.08 bits per heavy atom. The summed E-state index contributed by atoms with van der Waals surface area (Å²) in [6.45, 7) is 7.88. The van der Waals surface area contributed by atoms with Crippen LogP contribution in [-0.2, 0) is 16.6 Å². The third-order valence-electron chi connectivity index (χ3n) is 4.66. The molecule has 1 aromatic carbocycles. The molecule has 1 aromatic heterocycles. The molecule has 5 nitrogen and oxygen atoms in total. The Labute approximate surface area is 154 Å². The molecule has 1 atom stereocenters. The number of hydrogen-bond donors (Lipinski definition) is 3. The average molecular weight is 356 g/mol. The molecule has 0 spiro atoms. The summed E-state index contributed by atoms with van der Waals surface area (Å²) < 4.78 is 0. The highest BCUT2D eigenvalue weighted by Gasteiger charge is 2.34. The first-order chi connectivity index (χ1) is 12.1. The van der Waals surface area contributed by atoms with Crippen LogP contribution in [0.2, 0.25) is 0 Å². The summed E-state index contributed by atoms with van der Waals surface area (Å²) in [6.07, 6.45) is 3.60. The topological polar surface area (TPSA) is 82.2 Å². The van der Waals surface area contributed by atoms with Crippen LogP contribution in [0.1, 0.15) is 62.2 Å². The van der Waals surface area contributed by atoms with Gasteiger partial charge in [-0.25, -0.2) is 4.79 Å². The van der Waals surface area contributed by atoms with Crippen molar-refractivity contribution in [3.8, 4) is 0 Å². The smallest absolute Gasteiger partial charge is 0.329 e. The number of aromatic nitrogens is 1. The van der Waals surface area contributed by atoms with Crippen LogP contribution in [0.4, 0.5) is 0 Å². The minimum absolute atomic E-state index is 0.00238. The maximum atomic E-state index is 12.5. The molecule has 26 heavy (non-hydrogen) atoms. The Bertz CT molecular complexity index is 743. The van der Waals surface area contributed by atoms with E-state index in [-0.39, 0.29) is 11.3 Å². The van der Waals surface area contributed by atoms with Crippen LogP contribution in [0.5, 0.6) is 0 Å². The van der Waals surface area contributed by atoms with Crippen LogP contribution in [0.25, 0.3) is 0 Å². The van der Waals surface area contributed by atoms with E-state index in [4.69, 9.17) is 0 Å². The predicted octanol–water partition coefficient (Wildman–Crippen LogP) is 3.91. The summed E-state index contributed by atoms with van der Waals surface area (Å²) in [5, 5.41) is 12.3. The van der Waals surface area contributed by atoms with Crippen LogP contribution in [0, 0.1) is 0 Å². The van der Waals surface area contributed by atoms with E-state index in [1.54, 1.807) is 19.1 Å². The van der Waals surface area contributed by atoms with Gasteiger partial charge in [0.2, 0.25) is 0 Å². The van der Waals surface area contributed by atoms with Gasteiger partial charge >= 0.3 is 5.97 Å².